The van der Waals surface area contributed by atoms with Crippen LogP contribution in [0.25, 0.3) is 11.0 Å². The Hall–Kier alpha value is -3.69. The number of aromatic nitrogens is 2. The van der Waals surface area contributed by atoms with E-state index in [2.05, 4.69) is 9.72 Å². The van der Waals surface area contributed by atoms with E-state index in [0.717, 1.165) is 6.07 Å². The monoisotopic (exact) mass is 459 g/mol. The Bertz CT molecular complexity index is 1210. The Morgan fingerprint density at radius 2 is 2.03 bits per heavy atom. The second-order valence-electron chi connectivity index (χ2n) is 7.79. The van der Waals surface area contributed by atoms with Gasteiger partial charge in [0.25, 0.3) is 0 Å². The van der Waals surface area contributed by atoms with Crippen LogP contribution in [0.3, 0.4) is 0 Å². The number of pyridine rings is 1. The van der Waals surface area contributed by atoms with E-state index in [-0.39, 0.29) is 24.7 Å². The molecule has 4 rings (SSSR count). The van der Waals surface area contributed by atoms with E-state index in [9.17, 15) is 27.6 Å². The zero-order valence-electron chi connectivity index (χ0n) is 17.4. The van der Waals surface area contributed by atoms with E-state index in [1.165, 1.54) is 17.0 Å². The lowest BCUT2D eigenvalue weighted by Crippen LogP contribution is -2.42. The second-order valence-corrected chi connectivity index (χ2v) is 7.79. The first-order valence-corrected chi connectivity index (χ1v) is 10.3. The smallest absolute Gasteiger partial charge is 0.406 e. The lowest BCUT2D eigenvalue weighted by molar-refractivity contribution is -0.274. The van der Waals surface area contributed by atoms with Crippen LogP contribution in [0.4, 0.5) is 13.2 Å². The molecule has 0 N–H and O–H groups in total. The predicted octanol–water partition coefficient (Wildman–Crippen LogP) is 3.55. The molecule has 3 heterocycles. The molecule has 172 valence electrons. The van der Waals surface area contributed by atoms with E-state index in [4.69, 9.17) is 0 Å². The quantitative estimate of drug-likeness (QED) is 0.505. The molecule has 0 unspecified atom stereocenters. The molecule has 1 atom stereocenters. The highest BCUT2D eigenvalue weighted by molar-refractivity contribution is 5.97. The fraction of sp³-hybridized carbons (Fsp3) is 0.304. The Morgan fingerprint density at radius 3 is 2.79 bits per heavy atom. The molecule has 1 amide bonds. The lowest BCUT2D eigenvalue weighted by atomic mass is 10.0. The summed E-state index contributed by atoms with van der Waals surface area (Å²) in [6, 6.07) is 8.04. The number of carbonyl (C=O) groups excluding carboxylic acids is 3. The summed E-state index contributed by atoms with van der Waals surface area (Å²) in [4.78, 5) is 43.0. The van der Waals surface area contributed by atoms with Gasteiger partial charge in [0, 0.05) is 36.3 Å². The van der Waals surface area contributed by atoms with Crippen molar-refractivity contribution in [2.45, 2.75) is 38.2 Å². The maximum atomic E-state index is 13.0. The van der Waals surface area contributed by atoms with E-state index in [1.54, 1.807) is 35.2 Å². The molecular formula is C23H20F3N3O4. The van der Waals surface area contributed by atoms with Crippen molar-refractivity contribution in [1.82, 2.24) is 14.5 Å². The first kappa shape index (κ1) is 22.5. The lowest BCUT2D eigenvalue weighted by Gasteiger charge is -2.24. The standard InChI is InChI=1S/C23H20F3N3O4/c24-23(25,26)33-17-5-1-4-15(10-17)11-20(31)19-7-3-9-29(19)21(32)13-28-12-16(14-30)18-6-2-8-27-22(18)28/h1-2,4-6,8,10,12,14,19H,3,7,9,11,13H2/t19-/m0/s1. The SMILES string of the molecule is O=Cc1cn(CC(=O)N2CCC[C@H]2C(=O)Cc2cccc(OC(F)(F)F)c2)c2ncccc12. The molecule has 0 saturated carbocycles. The van der Waals surface area contributed by atoms with Crippen LogP contribution in [0.1, 0.15) is 28.8 Å². The second kappa shape index (κ2) is 9.05. The number of alkyl halides is 3. The molecule has 1 saturated heterocycles. The van der Waals surface area contributed by atoms with Gasteiger partial charge >= 0.3 is 6.36 Å². The Kier molecular flexibility index (Phi) is 6.17. The number of benzene rings is 1. The molecule has 33 heavy (non-hydrogen) atoms. The number of amides is 1. The topological polar surface area (TPSA) is 81.5 Å². The van der Waals surface area contributed by atoms with Crippen molar-refractivity contribution in [2.75, 3.05) is 6.54 Å². The van der Waals surface area contributed by atoms with Crippen LogP contribution in [0.5, 0.6) is 5.75 Å². The van der Waals surface area contributed by atoms with Crippen LogP contribution in [-0.4, -0.2) is 51.4 Å². The molecule has 0 aliphatic carbocycles. The maximum absolute atomic E-state index is 13.0. The van der Waals surface area contributed by atoms with Gasteiger partial charge < -0.3 is 14.2 Å². The van der Waals surface area contributed by atoms with Gasteiger partial charge in [-0.1, -0.05) is 12.1 Å². The van der Waals surface area contributed by atoms with Gasteiger partial charge in [0.05, 0.1) is 6.04 Å². The highest BCUT2D eigenvalue weighted by Crippen LogP contribution is 2.26. The third-order valence-corrected chi connectivity index (χ3v) is 5.55. The minimum atomic E-state index is -4.82. The van der Waals surface area contributed by atoms with Gasteiger partial charge in [-0.2, -0.15) is 0 Å². The highest BCUT2D eigenvalue weighted by Gasteiger charge is 2.34. The van der Waals surface area contributed by atoms with Gasteiger partial charge in [-0.15, -0.1) is 13.2 Å². The minimum absolute atomic E-state index is 0.0833. The fourth-order valence-corrected chi connectivity index (χ4v) is 4.17. The van der Waals surface area contributed by atoms with Crippen molar-refractivity contribution < 1.29 is 32.3 Å². The molecular weight excluding hydrogens is 439 g/mol. The van der Waals surface area contributed by atoms with Crippen LogP contribution in [-0.2, 0) is 22.6 Å². The number of aldehydes is 1. The van der Waals surface area contributed by atoms with Gasteiger partial charge in [0.1, 0.15) is 17.9 Å². The van der Waals surface area contributed by atoms with Crippen molar-refractivity contribution in [3.63, 3.8) is 0 Å². The van der Waals surface area contributed by atoms with Crippen molar-refractivity contribution in [3.8, 4) is 5.75 Å². The number of nitrogens with zero attached hydrogens (tertiary/aromatic N) is 3. The number of likely N-dealkylation sites (tertiary alicyclic amines) is 1. The third kappa shape index (κ3) is 5.05. The molecule has 7 nitrogen and oxygen atoms in total. The summed E-state index contributed by atoms with van der Waals surface area (Å²) in [5, 5.41) is 0.635. The van der Waals surface area contributed by atoms with Gasteiger partial charge in [-0.25, -0.2) is 4.98 Å². The van der Waals surface area contributed by atoms with Crippen LogP contribution < -0.4 is 4.74 Å². The number of rotatable bonds is 7. The normalized spacial score (nSPS) is 16.2. The molecule has 1 aliphatic heterocycles. The first-order valence-electron chi connectivity index (χ1n) is 10.3. The van der Waals surface area contributed by atoms with Crippen LogP contribution >= 0.6 is 0 Å². The molecule has 1 aromatic carbocycles. The average Bonchev–Trinajstić information content (AvgIpc) is 3.38. The van der Waals surface area contributed by atoms with E-state index in [1.807, 2.05) is 0 Å². The van der Waals surface area contributed by atoms with Gasteiger partial charge in [0.2, 0.25) is 5.91 Å². The van der Waals surface area contributed by atoms with Crippen molar-refractivity contribution in [1.29, 1.82) is 0 Å². The number of ether oxygens (including phenoxy) is 1. The minimum Gasteiger partial charge on any atom is -0.406 e. The van der Waals surface area contributed by atoms with E-state index >= 15 is 0 Å². The van der Waals surface area contributed by atoms with Gasteiger partial charge in [-0.05, 0) is 42.7 Å². The van der Waals surface area contributed by atoms with Crippen molar-refractivity contribution in [2.24, 2.45) is 0 Å². The molecule has 1 fully saturated rings. The van der Waals surface area contributed by atoms with E-state index in [0.29, 0.717) is 47.8 Å². The van der Waals surface area contributed by atoms with Crippen LogP contribution in [0.2, 0.25) is 0 Å². The predicted molar refractivity (Wildman–Crippen MR) is 112 cm³/mol. The van der Waals surface area contributed by atoms with Gasteiger partial charge in [0.15, 0.2) is 12.1 Å². The number of fused-ring (bicyclic) bond motifs is 1. The highest BCUT2D eigenvalue weighted by atomic mass is 19.4. The third-order valence-electron chi connectivity index (χ3n) is 5.55. The largest absolute Gasteiger partial charge is 0.573 e. The summed E-state index contributed by atoms with van der Waals surface area (Å²) in [5.74, 6) is -0.945. The molecule has 0 spiro atoms. The number of hydrogen-bond acceptors (Lipinski definition) is 5. The van der Waals surface area contributed by atoms with Crippen LogP contribution in [0, 0.1) is 0 Å². The summed E-state index contributed by atoms with van der Waals surface area (Å²) in [6.07, 6.45) is 0.00459. The Morgan fingerprint density at radius 1 is 1.21 bits per heavy atom. The molecule has 1 aliphatic rings. The summed E-state index contributed by atoms with van der Waals surface area (Å²) in [7, 11) is 0. The van der Waals surface area contributed by atoms with E-state index < -0.39 is 18.2 Å². The fourth-order valence-electron chi connectivity index (χ4n) is 4.17. The molecule has 2 aromatic heterocycles. The number of hydrogen-bond donors (Lipinski definition) is 0. The molecule has 3 aromatic rings. The number of halogens is 3. The summed E-state index contributed by atoms with van der Waals surface area (Å²) in [6.45, 7) is 0.319. The zero-order valence-corrected chi connectivity index (χ0v) is 17.4. The Balaban J connectivity index is 1.47. The molecule has 0 bridgehead atoms. The van der Waals surface area contributed by atoms with Crippen molar-refractivity contribution >= 4 is 29.0 Å². The van der Waals surface area contributed by atoms with Crippen LogP contribution in [0.15, 0.2) is 48.8 Å². The maximum Gasteiger partial charge on any atom is 0.573 e. The summed E-state index contributed by atoms with van der Waals surface area (Å²) in [5.41, 5.74) is 1.29. The Labute approximate surface area is 186 Å². The number of carbonyl (C=O) groups is 3. The van der Waals surface area contributed by atoms with Gasteiger partial charge in [-0.3, -0.25) is 14.4 Å². The molecule has 10 heteroatoms. The van der Waals surface area contributed by atoms with Crippen molar-refractivity contribution in [3.05, 3.63) is 59.9 Å². The molecule has 0 radical (unpaired) electrons. The first-order chi connectivity index (χ1) is 15.7. The number of Topliss-reactive ketones (excluding diaryl/α,β-unsaturated/α-hetero) is 1. The summed E-state index contributed by atoms with van der Waals surface area (Å²) < 4.78 is 42.9. The average molecular weight is 459 g/mol. The summed E-state index contributed by atoms with van der Waals surface area (Å²) >= 11 is 0. The number of ketones is 1. The zero-order chi connectivity index (χ0) is 23.6.